The van der Waals surface area contributed by atoms with Crippen LogP contribution in [-0.2, 0) is 4.43 Å². The van der Waals surface area contributed by atoms with Crippen LogP contribution in [0.15, 0.2) is 24.3 Å². The van der Waals surface area contributed by atoms with Crippen LogP contribution in [0, 0.1) is 0 Å². The first-order valence-corrected chi connectivity index (χ1v) is 11.8. The second kappa shape index (κ2) is 9.77. The molecule has 0 aliphatic rings. The molecule has 0 unspecified atom stereocenters. The number of methoxy groups -OCH3 is 1. The predicted molar refractivity (Wildman–Crippen MR) is 111 cm³/mol. The maximum atomic E-state index is 10.1. The molecule has 0 bridgehead atoms. The van der Waals surface area contributed by atoms with E-state index in [0.29, 0.717) is 29.7 Å². The molecule has 1 atom stereocenters. The van der Waals surface area contributed by atoms with Crippen molar-refractivity contribution in [3.05, 3.63) is 24.3 Å². The SMILES string of the molecule is COc1ccc(OCC[C@@](C)(CO)O[Si](C(C)C)(C(C)C)C(C)C)cc1. The van der Waals surface area contributed by atoms with E-state index in [1.165, 1.54) is 0 Å². The molecule has 0 radical (unpaired) electrons. The van der Waals surface area contributed by atoms with E-state index in [9.17, 15) is 5.11 Å². The minimum atomic E-state index is -2.06. The Hall–Kier alpha value is -1.04. The molecule has 1 N–H and O–H groups in total. The second-order valence-electron chi connectivity index (χ2n) is 8.30. The zero-order valence-corrected chi connectivity index (χ0v) is 18.8. The predicted octanol–water partition coefficient (Wildman–Crippen LogP) is 5.41. The highest BCUT2D eigenvalue weighted by Crippen LogP contribution is 2.45. The standard InChI is InChI=1S/C21H38O4Si/c1-16(2)26(17(3)4,18(5)6)25-21(7,15-22)13-14-24-20-11-9-19(23-8)10-12-20/h9-12,16-18,22H,13-15H2,1-8H3/t21-/m0/s1. The number of benzene rings is 1. The monoisotopic (exact) mass is 382 g/mol. The molecule has 1 aromatic rings. The third kappa shape index (κ3) is 5.48. The highest BCUT2D eigenvalue weighted by Gasteiger charge is 2.49. The molecule has 5 heteroatoms. The molecule has 1 rings (SSSR count). The summed E-state index contributed by atoms with van der Waals surface area (Å²) in [5, 5.41) is 10.1. The lowest BCUT2D eigenvalue weighted by molar-refractivity contribution is -0.00615. The Morgan fingerprint density at radius 2 is 1.38 bits per heavy atom. The molecular formula is C21H38O4Si. The summed E-state index contributed by atoms with van der Waals surface area (Å²) in [7, 11) is -0.411. The lowest BCUT2D eigenvalue weighted by Crippen LogP contribution is -2.55. The third-order valence-electron chi connectivity index (χ3n) is 5.42. The zero-order chi connectivity index (χ0) is 20.0. The molecule has 0 heterocycles. The van der Waals surface area contributed by atoms with Crippen molar-refractivity contribution in [1.29, 1.82) is 0 Å². The van der Waals surface area contributed by atoms with Crippen molar-refractivity contribution >= 4 is 8.32 Å². The maximum Gasteiger partial charge on any atom is 0.201 e. The quantitative estimate of drug-likeness (QED) is 0.520. The molecule has 0 saturated carbocycles. The fourth-order valence-corrected chi connectivity index (χ4v) is 9.73. The number of aliphatic hydroxyl groups is 1. The molecule has 0 amide bonds. The van der Waals surface area contributed by atoms with E-state index >= 15 is 0 Å². The van der Waals surface area contributed by atoms with Crippen LogP contribution in [-0.4, -0.2) is 39.3 Å². The van der Waals surface area contributed by atoms with E-state index in [1.807, 2.05) is 31.2 Å². The molecule has 0 aliphatic carbocycles. The van der Waals surface area contributed by atoms with Gasteiger partial charge in [0.1, 0.15) is 11.5 Å². The van der Waals surface area contributed by atoms with Crippen molar-refractivity contribution in [2.45, 2.75) is 77.1 Å². The molecule has 26 heavy (non-hydrogen) atoms. The van der Waals surface area contributed by atoms with Crippen LogP contribution >= 0.6 is 0 Å². The lowest BCUT2D eigenvalue weighted by atomic mass is 10.1. The molecule has 1 aromatic carbocycles. The van der Waals surface area contributed by atoms with E-state index in [2.05, 4.69) is 41.5 Å². The largest absolute Gasteiger partial charge is 0.497 e. The van der Waals surface area contributed by atoms with Gasteiger partial charge in [0, 0.05) is 6.42 Å². The third-order valence-corrected chi connectivity index (χ3v) is 11.7. The van der Waals surface area contributed by atoms with Gasteiger partial charge in [0.15, 0.2) is 0 Å². The van der Waals surface area contributed by atoms with Gasteiger partial charge in [-0.25, -0.2) is 0 Å². The molecule has 150 valence electrons. The Balaban J connectivity index is 2.82. The summed E-state index contributed by atoms with van der Waals surface area (Å²) >= 11 is 0. The van der Waals surface area contributed by atoms with Crippen molar-refractivity contribution in [2.75, 3.05) is 20.3 Å². The molecular weight excluding hydrogens is 344 g/mol. The molecule has 0 saturated heterocycles. The second-order valence-corrected chi connectivity index (χ2v) is 13.7. The lowest BCUT2D eigenvalue weighted by Gasteiger charge is -2.48. The Morgan fingerprint density at radius 1 is 0.923 bits per heavy atom. The van der Waals surface area contributed by atoms with E-state index in [1.54, 1.807) is 7.11 Å². The van der Waals surface area contributed by atoms with Gasteiger partial charge in [-0.05, 0) is 47.8 Å². The Labute approximate surface area is 161 Å². The minimum absolute atomic E-state index is 0.000117. The van der Waals surface area contributed by atoms with E-state index in [4.69, 9.17) is 13.9 Å². The van der Waals surface area contributed by atoms with Crippen LogP contribution in [0.1, 0.15) is 54.9 Å². The van der Waals surface area contributed by atoms with Crippen LogP contribution in [0.3, 0.4) is 0 Å². The minimum Gasteiger partial charge on any atom is -0.497 e. The Kier molecular flexibility index (Phi) is 8.64. The van der Waals surface area contributed by atoms with Crippen LogP contribution in [0.25, 0.3) is 0 Å². The molecule has 0 aliphatic heterocycles. The van der Waals surface area contributed by atoms with E-state index in [-0.39, 0.29) is 6.61 Å². The summed E-state index contributed by atoms with van der Waals surface area (Å²) in [5.41, 5.74) is 0.861. The van der Waals surface area contributed by atoms with Crippen LogP contribution < -0.4 is 9.47 Å². The first kappa shape index (κ1) is 23.0. The fraction of sp³-hybridized carbons (Fsp3) is 0.714. The van der Waals surface area contributed by atoms with Crippen molar-refractivity contribution in [3.8, 4) is 11.5 Å². The van der Waals surface area contributed by atoms with Crippen LogP contribution in [0.4, 0.5) is 0 Å². The van der Waals surface area contributed by atoms with E-state index in [0.717, 1.165) is 11.5 Å². The van der Waals surface area contributed by atoms with Crippen molar-refractivity contribution in [2.24, 2.45) is 0 Å². The van der Waals surface area contributed by atoms with Gasteiger partial charge in [0.25, 0.3) is 0 Å². The Bertz CT molecular complexity index is 506. The summed E-state index contributed by atoms with van der Waals surface area (Å²) in [4.78, 5) is 0. The normalized spacial score (nSPS) is 14.8. The van der Waals surface area contributed by atoms with Crippen LogP contribution in [0.2, 0.25) is 16.6 Å². The average molecular weight is 383 g/mol. The van der Waals surface area contributed by atoms with Gasteiger partial charge < -0.3 is 19.0 Å². The van der Waals surface area contributed by atoms with E-state index < -0.39 is 13.9 Å². The number of ether oxygens (including phenoxy) is 2. The van der Waals surface area contributed by atoms with Gasteiger partial charge in [0.2, 0.25) is 8.32 Å². The number of hydrogen-bond acceptors (Lipinski definition) is 4. The van der Waals surface area contributed by atoms with Gasteiger partial charge in [-0.1, -0.05) is 41.5 Å². The first-order chi connectivity index (χ1) is 12.1. The summed E-state index contributed by atoms with van der Waals surface area (Å²) < 4.78 is 17.9. The topological polar surface area (TPSA) is 47.9 Å². The smallest absolute Gasteiger partial charge is 0.201 e. The first-order valence-electron chi connectivity index (χ1n) is 9.69. The summed E-state index contributed by atoms with van der Waals surface area (Å²) in [5.74, 6) is 1.61. The van der Waals surface area contributed by atoms with Crippen molar-refractivity contribution < 1.29 is 19.0 Å². The van der Waals surface area contributed by atoms with Gasteiger partial charge in [0.05, 0.1) is 25.9 Å². The molecule has 0 spiro atoms. The van der Waals surface area contributed by atoms with Crippen LogP contribution in [0.5, 0.6) is 11.5 Å². The number of hydrogen-bond donors (Lipinski definition) is 1. The zero-order valence-electron chi connectivity index (χ0n) is 17.8. The summed E-state index contributed by atoms with van der Waals surface area (Å²) in [6, 6.07) is 7.55. The fourth-order valence-electron chi connectivity index (χ4n) is 4.00. The number of aliphatic hydroxyl groups excluding tert-OH is 1. The molecule has 0 fully saturated rings. The van der Waals surface area contributed by atoms with Crippen molar-refractivity contribution in [3.63, 3.8) is 0 Å². The Morgan fingerprint density at radius 3 is 1.77 bits per heavy atom. The van der Waals surface area contributed by atoms with Gasteiger partial charge in [-0.2, -0.15) is 0 Å². The summed E-state index contributed by atoms with van der Waals surface area (Å²) in [6.07, 6.45) is 0.649. The van der Waals surface area contributed by atoms with Gasteiger partial charge in [-0.3, -0.25) is 0 Å². The highest BCUT2D eigenvalue weighted by atomic mass is 28.4. The van der Waals surface area contributed by atoms with Crippen molar-refractivity contribution in [1.82, 2.24) is 0 Å². The number of rotatable bonds is 11. The molecule has 0 aromatic heterocycles. The summed E-state index contributed by atoms with van der Waals surface area (Å²) in [6.45, 7) is 16.1. The average Bonchev–Trinajstić information content (AvgIpc) is 2.59. The maximum absolute atomic E-state index is 10.1. The molecule has 4 nitrogen and oxygen atoms in total. The van der Waals surface area contributed by atoms with Gasteiger partial charge in [-0.15, -0.1) is 0 Å². The highest BCUT2D eigenvalue weighted by molar-refractivity contribution is 6.77. The van der Waals surface area contributed by atoms with Gasteiger partial charge >= 0.3 is 0 Å².